The van der Waals surface area contributed by atoms with Gasteiger partial charge in [0.15, 0.2) is 5.11 Å². The van der Waals surface area contributed by atoms with E-state index in [0.717, 1.165) is 29.1 Å². The minimum Gasteiger partial charge on any atom is -0.342 e. The van der Waals surface area contributed by atoms with Crippen molar-refractivity contribution in [2.75, 3.05) is 5.32 Å². The van der Waals surface area contributed by atoms with Gasteiger partial charge in [-0.1, -0.05) is 47.5 Å². The zero-order valence-corrected chi connectivity index (χ0v) is 17.6. The first-order valence-electron chi connectivity index (χ1n) is 9.31. The molecular weight excluding hydrogens is 364 g/mol. The summed E-state index contributed by atoms with van der Waals surface area (Å²) in [5, 5.41) is 8.03. The summed E-state index contributed by atoms with van der Waals surface area (Å²) >= 11 is 5.39. The van der Waals surface area contributed by atoms with Crippen molar-refractivity contribution in [1.82, 2.24) is 9.99 Å². The lowest BCUT2D eigenvalue weighted by atomic mass is 10.1. The summed E-state index contributed by atoms with van der Waals surface area (Å²) in [4.78, 5) is 0. The second kappa shape index (κ2) is 8.85. The monoisotopic (exact) mass is 390 g/mol. The molecule has 0 spiro atoms. The molecule has 2 N–H and O–H groups in total. The van der Waals surface area contributed by atoms with E-state index in [1.807, 2.05) is 12.1 Å². The highest BCUT2D eigenvalue weighted by atomic mass is 32.1. The lowest BCUT2D eigenvalue weighted by Crippen LogP contribution is -2.25. The van der Waals surface area contributed by atoms with Crippen LogP contribution in [0.5, 0.6) is 0 Å². The highest BCUT2D eigenvalue weighted by Gasteiger charge is 2.05. The van der Waals surface area contributed by atoms with Crippen molar-refractivity contribution < 1.29 is 0 Å². The van der Waals surface area contributed by atoms with Crippen LogP contribution in [-0.2, 0) is 6.54 Å². The Labute approximate surface area is 172 Å². The molecule has 0 radical (unpaired) electrons. The van der Waals surface area contributed by atoms with Gasteiger partial charge in [0.05, 0.1) is 11.9 Å². The van der Waals surface area contributed by atoms with Crippen LogP contribution in [0, 0.1) is 27.7 Å². The lowest BCUT2D eigenvalue weighted by Gasteiger charge is -2.14. The zero-order chi connectivity index (χ0) is 20.1. The molecule has 2 aromatic carbocycles. The van der Waals surface area contributed by atoms with E-state index in [4.69, 9.17) is 12.2 Å². The van der Waals surface area contributed by atoms with Crippen LogP contribution in [0.15, 0.2) is 59.8 Å². The molecule has 3 rings (SSSR count). The van der Waals surface area contributed by atoms with Gasteiger partial charge in [0, 0.05) is 18.4 Å². The second-order valence-electron chi connectivity index (χ2n) is 7.15. The van der Waals surface area contributed by atoms with Crippen molar-refractivity contribution in [3.05, 3.63) is 88.2 Å². The number of benzene rings is 2. The highest BCUT2D eigenvalue weighted by Crippen LogP contribution is 2.21. The molecule has 4 nitrogen and oxygen atoms in total. The number of hydrazone groups is 1. The Morgan fingerprint density at radius 1 is 1.00 bits per heavy atom. The molecule has 0 fully saturated rings. The molecule has 0 atom stereocenters. The van der Waals surface area contributed by atoms with E-state index in [0.29, 0.717) is 5.11 Å². The third-order valence-corrected chi connectivity index (χ3v) is 4.77. The molecule has 0 saturated heterocycles. The third-order valence-electron chi connectivity index (χ3n) is 4.58. The average Bonchev–Trinajstić information content (AvgIpc) is 3.05. The summed E-state index contributed by atoms with van der Waals surface area (Å²) in [5.41, 5.74) is 11.1. The van der Waals surface area contributed by atoms with Crippen LogP contribution >= 0.6 is 12.2 Å². The molecule has 5 heteroatoms. The van der Waals surface area contributed by atoms with Gasteiger partial charge in [-0.15, -0.1) is 0 Å². The fourth-order valence-electron chi connectivity index (χ4n) is 3.37. The van der Waals surface area contributed by atoms with Gasteiger partial charge in [-0.3, -0.25) is 5.43 Å². The summed E-state index contributed by atoms with van der Waals surface area (Å²) in [5.74, 6) is 0. The van der Waals surface area contributed by atoms with Crippen LogP contribution in [0.1, 0.15) is 33.5 Å². The topological polar surface area (TPSA) is 41.4 Å². The third kappa shape index (κ3) is 5.08. The van der Waals surface area contributed by atoms with Crippen molar-refractivity contribution in [1.29, 1.82) is 0 Å². The van der Waals surface area contributed by atoms with Gasteiger partial charge in [-0.25, -0.2) is 0 Å². The summed E-state index contributed by atoms with van der Waals surface area (Å²) in [7, 11) is 0. The van der Waals surface area contributed by atoms with E-state index >= 15 is 0 Å². The van der Waals surface area contributed by atoms with Crippen LogP contribution in [-0.4, -0.2) is 15.9 Å². The van der Waals surface area contributed by atoms with Gasteiger partial charge in [0.1, 0.15) is 0 Å². The molecule has 3 aromatic rings. The predicted molar refractivity (Wildman–Crippen MR) is 122 cm³/mol. The standard InChI is InChI=1S/C23H26N4S/c1-16-7-5-8-20(13-16)15-27-10-6-9-21(27)14-24-26-23(28)25-22-18(3)11-17(2)12-19(22)4/h5-14H,15H2,1-4H3,(H2,25,26,28)/b24-14-. The van der Waals surface area contributed by atoms with Crippen molar-refractivity contribution in [3.8, 4) is 0 Å². The molecule has 1 aromatic heterocycles. The van der Waals surface area contributed by atoms with Gasteiger partial charge >= 0.3 is 0 Å². The number of aromatic nitrogens is 1. The predicted octanol–water partition coefficient (Wildman–Crippen LogP) is 5.09. The van der Waals surface area contributed by atoms with Crippen LogP contribution in [0.25, 0.3) is 0 Å². The molecule has 28 heavy (non-hydrogen) atoms. The first-order valence-corrected chi connectivity index (χ1v) is 9.72. The maximum Gasteiger partial charge on any atom is 0.191 e. The fourth-order valence-corrected chi connectivity index (χ4v) is 3.53. The quantitative estimate of drug-likeness (QED) is 0.362. The summed E-state index contributed by atoms with van der Waals surface area (Å²) in [6.45, 7) is 9.16. The van der Waals surface area contributed by atoms with Crippen molar-refractivity contribution in [2.45, 2.75) is 34.2 Å². The largest absolute Gasteiger partial charge is 0.342 e. The summed E-state index contributed by atoms with van der Waals surface area (Å²) in [6, 6.07) is 16.9. The second-order valence-corrected chi connectivity index (χ2v) is 7.56. The SMILES string of the molecule is Cc1cccc(Cn2cccc2/C=N\NC(=S)Nc2c(C)cc(C)cc2C)c1. The Morgan fingerprint density at radius 2 is 1.75 bits per heavy atom. The minimum atomic E-state index is 0.475. The van der Waals surface area contributed by atoms with E-state index in [-0.39, 0.29) is 0 Å². The Bertz CT molecular complexity index is 994. The molecule has 0 unspecified atom stereocenters. The van der Waals surface area contributed by atoms with Gasteiger partial charge in [0.25, 0.3) is 0 Å². The van der Waals surface area contributed by atoms with Crippen molar-refractivity contribution >= 4 is 29.2 Å². The zero-order valence-electron chi connectivity index (χ0n) is 16.8. The maximum absolute atomic E-state index is 5.39. The first-order chi connectivity index (χ1) is 13.4. The number of nitrogens with one attached hydrogen (secondary N) is 2. The average molecular weight is 391 g/mol. The Morgan fingerprint density at radius 3 is 2.46 bits per heavy atom. The molecular formula is C23H26N4S. The van der Waals surface area contributed by atoms with E-state index in [1.54, 1.807) is 6.21 Å². The van der Waals surface area contributed by atoms with E-state index in [2.05, 4.69) is 90.7 Å². The normalized spacial score (nSPS) is 11.0. The number of aryl methyl sites for hydroxylation is 4. The number of hydrogen-bond acceptors (Lipinski definition) is 2. The Kier molecular flexibility index (Phi) is 6.26. The maximum atomic E-state index is 5.39. The number of rotatable bonds is 5. The summed E-state index contributed by atoms with van der Waals surface area (Å²) < 4.78 is 2.16. The Hall–Kier alpha value is -2.92. The van der Waals surface area contributed by atoms with E-state index in [9.17, 15) is 0 Å². The van der Waals surface area contributed by atoms with Gasteiger partial charge in [0.2, 0.25) is 0 Å². The van der Waals surface area contributed by atoms with Crippen LogP contribution in [0.4, 0.5) is 5.69 Å². The molecule has 0 aliphatic heterocycles. The van der Waals surface area contributed by atoms with Gasteiger partial charge in [-0.2, -0.15) is 5.10 Å². The summed E-state index contributed by atoms with van der Waals surface area (Å²) in [6.07, 6.45) is 3.85. The van der Waals surface area contributed by atoms with Gasteiger partial charge < -0.3 is 9.88 Å². The van der Waals surface area contributed by atoms with Crippen LogP contribution in [0.3, 0.4) is 0 Å². The molecule has 1 heterocycles. The molecule has 0 amide bonds. The highest BCUT2D eigenvalue weighted by molar-refractivity contribution is 7.80. The molecule has 0 aliphatic carbocycles. The number of thiocarbonyl (C=S) groups is 1. The number of nitrogens with zero attached hydrogens (tertiary/aromatic N) is 2. The molecule has 0 aliphatic rings. The number of anilines is 1. The van der Waals surface area contributed by atoms with E-state index in [1.165, 1.54) is 16.7 Å². The van der Waals surface area contributed by atoms with E-state index < -0.39 is 0 Å². The van der Waals surface area contributed by atoms with Crippen LogP contribution in [0.2, 0.25) is 0 Å². The molecule has 0 bridgehead atoms. The molecule has 0 saturated carbocycles. The Balaban J connectivity index is 1.63. The van der Waals surface area contributed by atoms with Crippen LogP contribution < -0.4 is 10.7 Å². The lowest BCUT2D eigenvalue weighted by molar-refractivity contribution is 0.798. The van der Waals surface area contributed by atoms with Crippen molar-refractivity contribution in [2.24, 2.45) is 5.10 Å². The first kappa shape index (κ1) is 19.8. The molecule has 144 valence electrons. The van der Waals surface area contributed by atoms with Crippen molar-refractivity contribution in [3.63, 3.8) is 0 Å². The fraction of sp³-hybridized carbons (Fsp3) is 0.217. The number of hydrogen-bond donors (Lipinski definition) is 2. The smallest absolute Gasteiger partial charge is 0.191 e. The van der Waals surface area contributed by atoms with Gasteiger partial charge in [-0.05, 0) is 68.7 Å². The minimum absolute atomic E-state index is 0.475.